The van der Waals surface area contributed by atoms with Crippen molar-refractivity contribution >= 4 is 23.2 Å². The van der Waals surface area contributed by atoms with Gasteiger partial charge in [-0.1, -0.05) is 59.3 Å². The van der Waals surface area contributed by atoms with Crippen LogP contribution in [0.4, 0.5) is 0 Å². The van der Waals surface area contributed by atoms with Crippen LogP contribution in [0.25, 0.3) is 0 Å². The Morgan fingerprint density at radius 2 is 1.68 bits per heavy atom. The molecule has 0 aliphatic carbocycles. The Labute approximate surface area is 140 Å². The standard InChI is InChI=1S/C18H31BO2S/c1-4-5-6-7-8-9-10-11-16-12-17(22-13-16)19-20-14-18(2,3)15-21-19/h12-13H,4-11,14-15H2,1-3H3. The van der Waals surface area contributed by atoms with Crippen LogP contribution < -0.4 is 4.78 Å². The second-order valence-corrected chi connectivity index (χ2v) is 8.29. The van der Waals surface area contributed by atoms with E-state index in [-0.39, 0.29) is 12.5 Å². The highest BCUT2D eigenvalue weighted by molar-refractivity contribution is 7.20. The van der Waals surface area contributed by atoms with Crippen LogP contribution in [0.5, 0.6) is 0 Å². The van der Waals surface area contributed by atoms with Gasteiger partial charge in [-0.05, 0) is 29.9 Å². The van der Waals surface area contributed by atoms with E-state index in [4.69, 9.17) is 9.31 Å². The predicted octanol–water partition coefficient (Wildman–Crippen LogP) is 4.81. The molecule has 0 N–H and O–H groups in total. The Morgan fingerprint density at radius 3 is 2.36 bits per heavy atom. The van der Waals surface area contributed by atoms with Crippen molar-refractivity contribution in [3.8, 4) is 0 Å². The average Bonchev–Trinajstić information content (AvgIpc) is 2.95. The molecule has 1 saturated heterocycles. The number of thiophene rings is 1. The predicted molar refractivity (Wildman–Crippen MR) is 97.1 cm³/mol. The summed E-state index contributed by atoms with van der Waals surface area (Å²) in [6.07, 6.45) is 10.8. The molecule has 22 heavy (non-hydrogen) atoms. The van der Waals surface area contributed by atoms with E-state index >= 15 is 0 Å². The van der Waals surface area contributed by atoms with E-state index in [1.165, 1.54) is 61.7 Å². The summed E-state index contributed by atoms with van der Waals surface area (Å²) in [5, 5.41) is 2.28. The summed E-state index contributed by atoms with van der Waals surface area (Å²) in [5.74, 6) is 0. The molecule has 124 valence electrons. The fourth-order valence-corrected chi connectivity index (χ4v) is 3.73. The van der Waals surface area contributed by atoms with Crippen molar-refractivity contribution in [2.75, 3.05) is 13.2 Å². The molecule has 0 radical (unpaired) electrons. The zero-order chi connectivity index (χ0) is 15.8. The molecule has 0 unspecified atom stereocenters. The van der Waals surface area contributed by atoms with Gasteiger partial charge in [-0.3, -0.25) is 0 Å². The van der Waals surface area contributed by atoms with Gasteiger partial charge in [0, 0.05) is 23.4 Å². The lowest BCUT2D eigenvalue weighted by molar-refractivity contribution is 0.0346. The number of aryl methyl sites for hydroxylation is 1. The first kappa shape index (κ1) is 18.0. The lowest BCUT2D eigenvalue weighted by Gasteiger charge is -2.32. The van der Waals surface area contributed by atoms with E-state index in [9.17, 15) is 0 Å². The summed E-state index contributed by atoms with van der Waals surface area (Å²) < 4.78 is 13.0. The first-order chi connectivity index (χ1) is 10.6. The molecule has 1 fully saturated rings. The van der Waals surface area contributed by atoms with Crippen LogP contribution in [0, 0.1) is 5.41 Å². The van der Waals surface area contributed by atoms with Crippen molar-refractivity contribution in [2.45, 2.75) is 72.1 Å². The van der Waals surface area contributed by atoms with Gasteiger partial charge in [-0.25, -0.2) is 0 Å². The van der Waals surface area contributed by atoms with E-state index in [2.05, 4.69) is 32.2 Å². The molecule has 2 heterocycles. The van der Waals surface area contributed by atoms with Crippen LogP contribution in [0.15, 0.2) is 11.4 Å². The molecular formula is C18H31BO2S. The molecule has 0 bridgehead atoms. The number of rotatable bonds is 9. The summed E-state index contributed by atoms with van der Waals surface area (Å²) >= 11 is 1.78. The Bertz CT molecular complexity index is 420. The third-order valence-electron chi connectivity index (χ3n) is 4.23. The first-order valence-electron chi connectivity index (χ1n) is 8.91. The Kier molecular flexibility index (Phi) is 7.45. The van der Waals surface area contributed by atoms with Crippen molar-refractivity contribution in [1.82, 2.24) is 0 Å². The minimum Gasteiger partial charge on any atom is -0.406 e. The molecule has 2 rings (SSSR count). The second-order valence-electron chi connectivity index (χ2n) is 7.35. The van der Waals surface area contributed by atoms with Crippen molar-refractivity contribution in [2.24, 2.45) is 5.41 Å². The molecule has 4 heteroatoms. The van der Waals surface area contributed by atoms with Crippen LogP contribution in [0.1, 0.15) is 71.3 Å². The van der Waals surface area contributed by atoms with Gasteiger partial charge < -0.3 is 9.31 Å². The van der Waals surface area contributed by atoms with Gasteiger partial charge in [0.2, 0.25) is 0 Å². The minimum absolute atomic E-state index is 0.138. The molecular weight excluding hydrogens is 291 g/mol. The molecule has 2 nitrogen and oxygen atoms in total. The van der Waals surface area contributed by atoms with Gasteiger partial charge in [-0.15, -0.1) is 0 Å². The third-order valence-corrected chi connectivity index (χ3v) is 5.23. The van der Waals surface area contributed by atoms with Gasteiger partial charge in [0.05, 0.1) is 0 Å². The SMILES string of the molecule is CCCCCCCCCc1csc(B2OCC(C)(C)CO2)c1. The quantitative estimate of drug-likeness (QED) is 0.480. The second kappa shape index (κ2) is 9.10. The van der Waals surface area contributed by atoms with Crippen molar-refractivity contribution in [3.63, 3.8) is 0 Å². The number of hydrogen-bond donors (Lipinski definition) is 0. The monoisotopic (exact) mass is 322 g/mol. The van der Waals surface area contributed by atoms with Crippen LogP contribution in [0.3, 0.4) is 0 Å². The Hall–Kier alpha value is -0.315. The summed E-state index contributed by atoms with van der Waals surface area (Å²) in [4.78, 5) is 0. The summed E-state index contributed by atoms with van der Waals surface area (Å²) in [7, 11) is -0.138. The molecule has 1 aromatic rings. The van der Waals surface area contributed by atoms with Gasteiger partial charge in [-0.2, -0.15) is 11.3 Å². The number of hydrogen-bond acceptors (Lipinski definition) is 3. The summed E-state index contributed by atoms with van der Waals surface area (Å²) in [6.45, 7) is 8.20. The normalized spacial score (nSPS) is 17.9. The van der Waals surface area contributed by atoms with Gasteiger partial charge in [0.25, 0.3) is 0 Å². The Balaban J connectivity index is 1.64. The van der Waals surface area contributed by atoms with Crippen molar-refractivity contribution < 1.29 is 9.31 Å². The highest BCUT2D eigenvalue weighted by Gasteiger charge is 2.34. The molecule has 1 aromatic heterocycles. The molecule has 0 amide bonds. The number of unbranched alkanes of at least 4 members (excludes halogenated alkanes) is 6. The Morgan fingerprint density at radius 1 is 1.05 bits per heavy atom. The molecule has 0 saturated carbocycles. The molecule has 1 aliphatic rings. The minimum atomic E-state index is -0.138. The highest BCUT2D eigenvalue weighted by Crippen LogP contribution is 2.22. The van der Waals surface area contributed by atoms with Crippen LogP contribution in [-0.2, 0) is 15.7 Å². The average molecular weight is 322 g/mol. The zero-order valence-corrected chi connectivity index (χ0v) is 15.3. The van der Waals surface area contributed by atoms with E-state index in [0.717, 1.165) is 13.2 Å². The lowest BCUT2D eigenvalue weighted by atomic mass is 9.82. The fraction of sp³-hybridized carbons (Fsp3) is 0.778. The zero-order valence-electron chi connectivity index (χ0n) is 14.5. The van der Waals surface area contributed by atoms with Gasteiger partial charge in [0.1, 0.15) is 0 Å². The van der Waals surface area contributed by atoms with E-state index < -0.39 is 0 Å². The summed E-state index contributed by atoms with van der Waals surface area (Å²) in [6, 6.07) is 2.28. The van der Waals surface area contributed by atoms with Gasteiger partial charge >= 0.3 is 7.12 Å². The van der Waals surface area contributed by atoms with E-state index in [1.54, 1.807) is 11.3 Å². The van der Waals surface area contributed by atoms with Crippen LogP contribution >= 0.6 is 11.3 Å². The van der Waals surface area contributed by atoms with Gasteiger partial charge in [0.15, 0.2) is 0 Å². The lowest BCUT2D eigenvalue weighted by Crippen LogP contribution is -2.46. The smallest absolute Gasteiger partial charge is 0.406 e. The van der Waals surface area contributed by atoms with E-state index in [1.807, 2.05) is 0 Å². The maximum Gasteiger partial charge on any atom is 0.504 e. The van der Waals surface area contributed by atoms with E-state index in [0.29, 0.717) is 0 Å². The summed E-state index contributed by atoms with van der Waals surface area (Å²) in [5.41, 5.74) is 1.60. The van der Waals surface area contributed by atoms with Crippen molar-refractivity contribution in [3.05, 3.63) is 17.0 Å². The first-order valence-corrected chi connectivity index (χ1v) is 9.79. The molecule has 0 atom stereocenters. The maximum atomic E-state index is 5.86. The fourth-order valence-electron chi connectivity index (χ4n) is 2.79. The van der Waals surface area contributed by atoms with Crippen molar-refractivity contribution in [1.29, 1.82) is 0 Å². The topological polar surface area (TPSA) is 18.5 Å². The highest BCUT2D eigenvalue weighted by atomic mass is 32.1. The largest absolute Gasteiger partial charge is 0.504 e. The molecule has 0 aromatic carbocycles. The van der Waals surface area contributed by atoms with Crippen LogP contribution in [0.2, 0.25) is 0 Å². The molecule has 1 aliphatic heterocycles. The maximum absolute atomic E-state index is 5.86. The van der Waals surface area contributed by atoms with Crippen LogP contribution in [-0.4, -0.2) is 20.3 Å². The molecule has 0 spiro atoms. The third kappa shape index (κ3) is 6.06.